The Balaban J connectivity index is 2.09. The van der Waals surface area contributed by atoms with Crippen LogP contribution in [0.2, 0.25) is 4.34 Å². The first kappa shape index (κ1) is 15.2. The van der Waals surface area contributed by atoms with Crippen LogP contribution in [-0.2, 0) is 0 Å². The summed E-state index contributed by atoms with van der Waals surface area (Å²) in [6, 6.07) is 9.46. The number of aromatic hydroxyl groups is 1. The lowest BCUT2D eigenvalue weighted by atomic mass is 10.1. The summed E-state index contributed by atoms with van der Waals surface area (Å²) in [6.45, 7) is 4.10. The number of hydrogen-bond acceptors (Lipinski definition) is 4. The molecular weight excluding hydrogens is 294 g/mol. The van der Waals surface area contributed by atoms with E-state index in [0.717, 1.165) is 9.90 Å². The number of hydrogen-bond donors (Lipinski definition) is 2. The molecule has 0 aliphatic rings. The largest absolute Gasteiger partial charge is 0.507 e. The van der Waals surface area contributed by atoms with Crippen molar-refractivity contribution in [1.29, 1.82) is 0 Å². The van der Waals surface area contributed by atoms with Gasteiger partial charge in [0, 0.05) is 28.6 Å². The first-order chi connectivity index (χ1) is 9.51. The molecule has 0 aliphatic heterocycles. The molecule has 1 heterocycles. The second-order valence-electron chi connectivity index (χ2n) is 4.68. The van der Waals surface area contributed by atoms with Gasteiger partial charge in [-0.2, -0.15) is 0 Å². The molecule has 0 aliphatic carbocycles. The van der Waals surface area contributed by atoms with Crippen LogP contribution in [-0.4, -0.2) is 12.2 Å². The first-order valence-electron chi connectivity index (χ1n) is 6.39. The third kappa shape index (κ3) is 3.45. The molecule has 0 amide bonds. The molecule has 0 spiro atoms. The van der Waals surface area contributed by atoms with Gasteiger partial charge in [-0.25, -0.2) is 0 Å². The minimum absolute atomic E-state index is 0.0248. The van der Waals surface area contributed by atoms with Crippen LogP contribution in [0.15, 0.2) is 30.3 Å². The maximum atomic E-state index is 10.0. The third-order valence-electron chi connectivity index (χ3n) is 3.22. The summed E-state index contributed by atoms with van der Waals surface area (Å²) < 4.78 is 5.88. The van der Waals surface area contributed by atoms with E-state index >= 15 is 0 Å². The van der Waals surface area contributed by atoms with E-state index in [9.17, 15) is 5.11 Å². The van der Waals surface area contributed by atoms with Crippen molar-refractivity contribution in [3.8, 4) is 11.5 Å². The second kappa shape index (κ2) is 6.48. The molecule has 20 heavy (non-hydrogen) atoms. The number of halogens is 1. The van der Waals surface area contributed by atoms with E-state index in [2.05, 4.69) is 12.2 Å². The number of methoxy groups -OCH3 is 1. The molecule has 2 atom stereocenters. The Bertz CT molecular complexity index is 585. The monoisotopic (exact) mass is 311 g/mol. The highest BCUT2D eigenvalue weighted by atomic mass is 35.5. The predicted octanol–water partition coefficient (Wildman–Crippen LogP) is 4.53. The fraction of sp³-hybridized carbons (Fsp3) is 0.333. The summed E-state index contributed by atoms with van der Waals surface area (Å²) in [5, 5.41) is 13.5. The molecule has 5 heteroatoms. The highest BCUT2D eigenvalue weighted by Gasteiger charge is 2.15. The smallest absolute Gasteiger partial charge is 0.124 e. The molecule has 2 N–H and O–H groups in total. The van der Waals surface area contributed by atoms with Crippen molar-refractivity contribution in [2.45, 2.75) is 25.9 Å². The van der Waals surface area contributed by atoms with Gasteiger partial charge in [0.2, 0.25) is 0 Å². The molecule has 1 aromatic carbocycles. The number of benzene rings is 1. The molecule has 0 radical (unpaired) electrons. The molecule has 0 saturated heterocycles. The highest BCUT2D eigenvalue weighted by molar-refractivity contribution is 7.16. The maximum absolute atomic E-state index is 10.0. The van der Waals surface area contributed by atoms with Gasteiger partial charge in [0.1, 0.15) is 11.5 Å². The number of rotatable bonds is 5. The summed E-state index contributed by atoms with van der Waals surface area (Å²) in [4.78, 5) is 1.18. The van der Waals surface area contributed by atoms with Crippen molar-refractivity contribution in [3.05, 3.63) is 45.1 Å². The van der Waals surface area contributed by atoms with Crippen molar-refractivity contribution < 1.29 is 9.84 Å². The zero-order valence-corrected chi connectivity index (χ0v) is 13.3. The molecular formula is C15H18ClNO2S. The Kier molecular flexibility index (Phi) is 4.91. The van der Waals surface area contributed by atoms with Crippen molar-refractivity contribution in [3.63, 3.8) is 0 Å². The van der Waals surface area contributed by atoms with Gasteiger partial charge < -0.3 is 15.2 Å². The minimum atomic E-state index is 0.0248. The van der Waals surface area contributed by atoms with Gasteiger partial charge in [0.25, 0.3) is 0 Å². The summed E-state index contributed by atoms with van der Waals surface area (Å²) in [6.07, 6.45) is 0. The van der Waals surface area contributed by atoms with Gasteiger partial charge >= 0.3 is 0 Å². The minimum Gasteiger partial charge on any atom is -0.507 e. The van der Waals surface area contributed by atoms with Crippen LogP contribution in [0.4, 0.5) is 0 Å². The number of nitrogens with one attached hydrogen (secondary N) is 1. The topological polar surface area (TPSA) is 41.5 Å². The number of thiophene rings is 1. The van der Waals surface area contributed by atoms with E-state index in [-0.39, 0.29) is 17.8 Å². The number of phenols is 1. The van der Waals surface area contributed by atoms with Gasteiger partial charge in [0.05, 0.1) is 11.4 Å². The molecule has 2 rings (SSSR count). The molecule has 1 aromatic heterocycles. The normalized spacial score (nSPS) is 14.0. The number of ether oxygens (including phenoxy) is 1. The third-order valence-corrected chi connectivity index (χ3v) is 4.64. The summed E-state index contributed by atoms with van der Waals surface area (Å²) in [5.41, 5.74) is 0.848. The van der Waals surface area contributed by atoms with Crippen molar-refractivity contribution >= 4 is 22.9 Å². The fourth-order valence-electron chi connectivity index (χ4n) is 2.12. The Labute approximate surface area is 128 Å². The van der Waals surface area contributed by atoms with Crippen molar-refractivity contribution in [1.82, 2.24) is 5.32 Å². The molecule has 2 unspecified atom stereocenters. The molecule has 3 nitrogen and oxygen atoms in total. The van der Waals surface area contributed by atoms with E-state index in [1.165, 1.54) is 4.88 Å². The molecule has 0 bridgehead atoms. The lowest BCUT2D eigenvalue weighted by molar-refractivity contribution is 0.402. The first-order valence-corrected chi connectivity index (χ1v) is 7.59. The van der Waals surface area contributed by atoms with E-state index < -0.39 is 0 Å². The van der Waals surface area contributed by atoms with Gasteiger partial charge in [-0.3, -0.25) is 0 Å². The van der Waals surface area contributed by atoms with Crippen LogP contribution in [0, 0.1) is 0 Å². The molecule has 0 saturated carbocycles. The fourth-order valence-corrected chi connectivity index (χ4v) is 3.20. The summed E-state index contributed by atoms with van der Waals surface area (Å²) in [5.74, 6) is 0.886. The van der Waals surface area contributed by atoms with Gasteiger partial charge in [-0.15, -0.1) is 11.3 Å². The molecule has 0 fully saturated rings. The Morgan fingerprint density at radius 2 is 1.95 bits per heavy atom. The Hall–Kier alpha value is -1.23. The standard InChI is InChI=1S/C15H18ClNO2S/c1-9(12-5-4-11(19-3)8-13(12)18)17-10(2)14-6-7-15(16)20-14/h4-10,17-18H,1-3H3. The van der Waals surface area contributed by atoms with Gasteiger partial charge in [-0.05, 0) is 32.0 Å². The SMILES string of the molecule is COc1ccc(C(C)NC(C)c2ccc(Cl)s2)c(O)c1. The van der Waals surface area contributed by atoms with Crippen LogP contribution < -0.4 is 10.1 Å². The van der Waals surface area contributed by atoms with Crippen LogP contribution in [0.1, 0.15) is 36.4 Å². The summed E-state index contributed by atoms with van der Waals surface area (Å²) in [7, 11) is 1.58. The van der Waals surface area contributed by atoms with E-state index in [1.54, 1.807) is 24.5 Å². The molecule has 2 aromatic rings. The second-order valence-corrected chi connectivity index (χ2v) is 6.42. The Morgan fingerprint density at radius 3 is 2.50 bits per heavy atom. The van der Waals surface area contributed by atoms with Crippen LogP contribution in [0.25, 0.3) is 0 Å². The van der Waals surface area contributed by atoms with Crippen LogP contribution in [0.3, 0.4) is 0 Å². The zero-order valence-electron chi connectivity index (χ0n) is 11.7. The highest BCUT2D eigenvalue weighted by Crippen LogP contribution is 2.32. The average Bonchev–Trinajstić information content (AvgIpc) is 2.85. The van der Waals surface area contributed by atoms with Crippen LogP contribution >= 0.6 is 22.9 Å². The predicted molar refractivity (Wildman–Crippen MR) is 84.0 cm³/mol. The quantitative estimate of drug-likeness (QED) is 0.852. The van der Waals surface area contributed by atoms with Crippen molar-refractivity contribution in [2.75, 3.05) is 7.11 Å². The van der Waals surface area contributed by atoms with Crippen LogP contribution in [0.5, 0.6) is 11.5 Å². The van der Waals surface area contributed by atoms with Crippen molar-refractivity contribution in [2.24, 2.45) is 0 Å². The zero-order chi connectivity index (χ0) is 14.7. The maximum Gasteiger partial charge on any atom is 0.124 e. The van der Waals surface area contributed by atoms with Gasteiger partial charge in [-0.1, -0.05) is 17.7 Å². The lowest BCUT2D eigenvalue weighted by Crippen LogP contribution is -2.21. The lowest BCUT2D eigenvalue weighted by Gasteiger charge is -2.20. The number of phenolic OH excluding ortho intramolecular Hbond substituents is 1. The molecule has 108 valence electrons. The van der Waals surface area contributed by atoms with E-state index in [4.69, 9.17) is 16.3 Å². The van der Waals surface area contributed by atoms with E-state index in [0.29, 0.717) is 5.75 Å². The average molecular weight is 312 g/mol. The Morgan fingerprint density at radius 1 is 1.20 bits per heavy atom. The van der Waals surface area contributed by atoms with E-state index in [1.807, 2.05) is 31.2 Å². The van der Waals surface area contributed by atoms with Gasteiger partial charge in [0.15, 0.2) is 0 Å². The summed E-state index contributed by atoms with van der Waals surface area (Å²) >= 11 is 7.52.